The molecule has 166 valence electrons. The molecule has 1 saturated carbocycles. The van der Waals surface area contributed by atoms with Crippen molar-refractivity contribution in [3.05, 3.63) is 83.4 Å². The first kappa shape index (κ1) is 22.0. The van der Waals surface area contributed by atoms with Crippen LogP contribution in [0.25, 0.3) is 10.8 Å². The van der Waals surface area contributed by atoms with Gasteiger partial charge in [-0.2, -0.15) is 0 Å². The summed E-state index contributed by atoms with van der Waals surface area (Å²) in [4.78, 5) is 22.7. The van der Waals surface area contributed by atoms with E-state index in [2.05, 4.69) is 60.0 Å². The molecule has 0 heterocycles. The molecular formula is C27H30N2O3. The van der Waals surface area contributed by atoms with E-state index in [0.717, 1.165) is 12.8 Å². The van der Waals surface area contributed by atoms with Gasteiger partial charge in [-0.3, -0.25) is 9.59 Å². The summed E-state index contributed by atoms with van der Waals surface area (Å²) in [6.07, 6.45) is 4.55. The van der Waals surface area contributed by atoms with Gasteiger partial charge in [0, 0.05) is 17.6 Å². The Morgan fingerprint density at radius 3 is 2.53 bits per heavy atom. The summed E-state index contributed by atoms with van der Waals surface area (Å²) in [6, 6.07) is 23.4. The van der Waals surface area contributed by atoms with Crippen LogP contribution in [0.4, 0.5) is 0 Å². The molecular weight excluding hydrogens is 400 g/mol. The molecule has 1 aliphatic rings. The Morgan fingerprint density at radius 1 is 1.00 bits per heavy atom. The number of hydrogen-bond donors (Lipinski definition) is 3. The molecule has 0 radical (unpaired) electrons. The number of carbonyl (C=O) groups excluding carboxylic acids is 1. The Labute approximate surface area is 188 Å². The van der Waals surface area contributed by atoms with Crippen molar-refractivity contribution in [2.75, 3.05) is 6.54 Å². The topological polar surface area (TPSA) is 78.4 Å². The molecule has 32 heavy (non-hydrogen) atoms. The maximum absolute atomic E-state index is 12.1. The fourth-order valence-corrected chi connectivity index (χ4v) is 4.88. The summed E-state index contributed by atoms with van der Waals surface area (Å²) in [5, 5.41) is 17.6. The summed E-state index contributed by atoms with van der Waals surface area (Å²) >= 11 is 0. The number of benzene rings is 3. The molecule has 2 unspecified atom stereocenters. The maximum Gasteiger partial charge on any atom is 0.322 e. The van der Waals surface area contributed by atoms with Crippen molar-refractivity contribution >= 4 is 22.6 Å². The molecule has 0 spiro atoms. The summed E-state index contributed by atoms with van der Waals surface area (Å²) < 4.78 is 0. The zero-order valence-corrected chi connectivity index (χ0v) is 18.4. The van der Waals surface area contributed by atoms with Gasteiger partial charge in [0.15, 0.2) is 0 Å². The summed E-state index contributed by atoms with van der Waals surface area (Å²) in [6.45, 7) is 1.88. The van der Waals surface area contributed by atoms with E-state index in [4.69, 9.17) is 5.11 Å². The Hall–Kier alpha value is -3.18. The zero-order valence-electron chi connectivity index (χ0n) is 18.4. The van der Waals surface area contributed by atoms with E-state index in [0.29, 0.717) is 17.5 Å². The second kappa shape index (κ2) is 9.96. The van der Waals surface area contributed by atoms with Crippen LogP contribution >= 0.6 is 0 Å². The lowest BCUT2D eigenvalue weighted by Gasteiger charge is -2.32. The lowest BCUT2D eigenvalue weighted by molar-refractivity contribution is -0.135. The van der Waals surface area contributed by atoms with Gasteiger partial charge in [0.25, 0.3) is 5.91 Å². The number of hydrogen-bond acceptors (Lipinski definition) is 3. The van der Waals surface area contributed by atoms with Crippen molar-refractivity contribution in [1.29, 1.82) is 0 Å². The number of aliphatic carboxylic acids is 1. The highest BCUT2D eigenvalue weighted by Crippen LogP contribution is 2.34. The molecule has 1 aliphatic carbocycles. The summed E-state index contributed by atoms with van der Waals surface area (Å²) in [5.74, 6) is -0.948. The molecule has 3 atom stereocenters. The smallest absolute Gasteiger partial charge is 0.322 e. The molecule has 3 aromatic carbocycles. The molecule has 0 saturated heterocycles. The van der Waals surface area contributed by atoms with Crippen LogP contribution in [-0.2, 0) is 4.79 Å². The monoisotopic (exact) mass is 430 g/mol. The van der Waals surface area contributed by atoms with E-state index in [1.807, 2.05) is 12.1 Å². The number of nitrogens with one attached hydrogen (secondary N) is 2. The van der Waals surface area contributed by atoms with Crippen LogP contribution in [0.5, 0.6) is 0 Å². The quantitative estimate of drug-likeness (QED) is 0.491. The van der Waals surface area contributed by atoms with Gasteiger partial charge in [0.05, 0.1) is 0 Å². The minimum atomic E-state index is -1.05. The third kappa shape index (κ3) is 5.17. The van der Waals surface area contributed by atoms with Gasteiger partial charge in [0.2, 0.25) is 0 Å². The van der Waals surface area contributed by atoms with E-state index >= 15 is 0 Å². The predicted molar refractivity (Wildman–Crippen MR) is 127 cm³/mol. The SMILES string of the molecule is C[C@@H](NC1CCCC(c2ccc(C(=O)NCC(=O)O)cc2)C1)c1cccc2ccccc12. The van der Waals surface area contributed by atoms with Gasteiger partial charge >= 0.3 is 5.97 Å². The number of amides is 1. The van der Waals surface area contributed by atoms with E-state index in [1.165, 1.54) is 34.7 Å². The van der Waals surface area contributed by atoms with Crippen LogP contribution in [0.2, 0.25) is 0 Å². The predicted octanol–water partition coefficient (Wildman–Crippen LogP) is 5.03. The first-order chi connectivity index (χ1) is 15.5. The Bertz CT molecular complexity index is 1090. The third-order valence-corrected chi connectivity index (χ3v) is 6.49. The molecule has 4 rings (SSSR count). The van der Waals surface area contributed by atoms with Crippen molar-refractivity contribution < 1.29 is 14.7 Å². The van der Waals surface area contributed by atoms with Crippen LogP contribution < -0.4 is 10.6 Å². The van der Waals surface area contributed by atoms with Crippen LogP contribution in [0.1, 0.15) is 66.1 Å². The molecule has 5 nitrogen and oxygen atoms in total. The average Bonchev–Trinajstić information content (AvgIpc) is 2.82. The van der Waals surface area contributed by atoms with Crippen molar-refractivity contribution in [2.45, 2.75) is 50.6 Å². The third-order valence-electron chi connectivity index (χ3n) is 6.49. The molecule has 3 aromatic rings. The highest BCUT2D eigenvalue weighted by atomic mass is 16.4. The van der Waals surface area contributed by atoms with Crippen molar-refractivity contribution in [3.8, 4) is 0 Å². The van der Waals surface area contributed by atoms with Crippen LogP contribution in [-0.4, -0.2) is 29.6 Å². The normalized spacial score (nSPS) is 19.4. The minimum Gasteiger partial charge on any atom is -0.480 e. The first-order valence-electron chi connectivity index (χ1n) is 11.3. The van der Waals surface area contributed by atoms with Crippen LogP contribution in [0, 0.1) is 0 Å². The van der Waals surface area contributed by atoms with E-state index < -0.39 is 5.97 Å². The standard InChI is InChI=1S/C27H30N2O3/c1-18(24-11-5-7-20-6-2-3-10-25(20)24)29-23-9-4-8-22(16-23)19-12-14-21(15-13-19)27(32)28-17-26(30)31/h2-3,5-7,10-15,18,22-23,29H,4,8-9,16-17H2,1H3,(H,28,32)(H,30,31)/t18-,22?,23?/m1/s1. The molecule has 3 N–H and O–H groups in total. The van der Waals surface area contributed by atoms with Gasteiger partial charge in [0.1, 0.15) is 6.54 Å². The van der Waals surface area contributed by atoms with Crippen LogP contribution in [0.3, 0.4) is 0 Å². The molecule has 5 heteroatoms. The fourth-order valence-electron chi connectivity index (χ4n) is 4.88. The Kier molecular flexibility index (Phi) is 6.86. The second-order valence-corrected chi connectivity index (χ2v) is 8.72. The second-order valence-electron chi connectivity index (χ2n) is 8.72. The highest BCUT2D eigenvalue weighted by molar-refractivity contribution is 5.95. The molecule has 1 amide bonds. The van der Waals surface area contributed by atoms with Crippen molar-refractivity contribution in [1.82, 2.24) is 10.6 Å². The number of carbonyl (C=O) groups is 2. The number of carboxylic acid groups (broad SMARTS) is 1. The zero-order chi connectivity index (χ0) is 22.5. The summed E-state index contributed by atoms with van der Waals surface area (Å²) in [7, 11) is 0. The van der Waals surface area contributed by atoms with E-state index in [-0.39, 0.29) is 18.5 Å². The largest absolute Gasteiger partial charge is 0.480 e. The van der Waals surface area contributed by atoms with Crippen molar-refractivity contribution in [2.24, 2.45) is 0 Å². The molecule has 0 bridgehead atoms. The number of fused-ring (bicyclic) bond motifs is 1. The average molecular weight is 431 g/mol. The Morgan fingerprint density at radius 2 is 1.75 bits per heavy atom. The number of carboxylic acids is 1. The lowest BCUT2D eigenvalue weighted by atomic mass is 9.80. The van der Waals surface area contributed by atoms with Gasteiger partial charge in [-0.15, -0.1) is 0 Å². The van der Waals surface area contributed by atoms with Crippen LogP contribution in [0.15, 0.2) is 66.7 Å². The maximum atomic E-state index is 12.1. The van der Waals surface area contributed by atoms with E-state index in [1.54, 1.807) is 12.1 Å². The van der Waals surface area contributed by atoms with Gasteiger partial charge < -0.3 is 15.7 Å². The number of rotatable bonds is 7. The highest BCUT2D eigenvalue weighted by Gasteiger charge is 2.25. The Balaban J connectivity index is 1.40. The molecule has 1 fully saturated rings. The van der Waals surface area contributed by atoms with E-state index in [9.17, 15) is 9.59 Å². The van der Waals surface area contributed by atoms with Gasteiger partial charge in [-0.05, 0) is 66.1 Å². The summed E-state index contributed by atoms with van der Waals surface area (Å²) in [5.41, 5.74) is 3.07. The fraction of sp³-hybridized carbons (Fsp3) is 0.333. The van der Waals surface area contributed by atoms with Gasteiger partial charge in [-0.1, -0.05) is 61.0 Å². The minimum absolute atomic E-state index is 0.269. The van der Waals surface area contributed by atoms with Crippen molar-refractivity contribution in [3.63, 3.8) is 0 Å². The molecule has 0 aromatic heterocycles. The molecule has 0 aliphatic heterocycles. The lowest BCUT2D eigenvalue weighted by Crippen LogP contribution is -2.35. The van der Waals surface area contributed by atoms with Gasteiger partial charge in [-0.25, -0.2) is 0 Å². The first-order valence-corrected chi connectivity index (χ1v) is 11.3.